The maximum atomic E-state index is 12.7. The van der Waals surface area contributed by atoms with Gasteiger partial charge in [0.05, 0.1) is 24.7 Å². The van der Waals surface area contributed by atoms with Gasteiger partial charge in [-0.3, -0.25) is 0 Å². The molecular weight excluding hydrogens is 263 g/mol. The zero-order valence-corrected chi connectivity index (χ0v) is 9.87. The highest BCUT2D eigenvalue weighted by molar-refractivity contribution is 5.93. The van der Waals surface area contributed by atoms with Gasteiger partial charge < -0.3 is 19.5 Å². The number of ether oxygens (including phenoxy) is 1. The van der Waals surface area contributed by atoms with Gasteiger partial charge in [0.2, 0.25) is 0 Å². The maximum absolute atomic E-state index is 12.7. The van der Waals surface area contributed by atoms with Gasteiger partial charge >= 0.3 is 6.18 Å². The lowest BCUT2D eigenvalue weighted by atomic mass is 10.1. The number of carbonyl (C=O) groups excluding carboxylic acids is 1. The van der Waals surface area contributed by atoms with Crippen LogP contribution < -0.4 is 10.0 Å². The molecule has 0 radical (unpaired) electrons. The van der Waals surface area contributed by atoms with E-state index in [0.717, 1.165) is 18.2 Å². The van der Waals surface area contributed by atoms with E-state index in [0.29, 0.717) is 26.3 Å². The van der Waals surface area contributed by atoms with Crippen LogP contribution in [0.25, 0.3) is 0 Å². The molecule has 0 unspecified atom stereocenters. The fraction of sp³-hybridized carbons (Fsp3) is 0.417. The minimum absolute atomic E-state index is 0.0260. The fourth-order valence-electron chi connectivity index (χ4n) is 1.95. The molecule has 0 aliphatic carbocycles. The first-order chi connectivity index (χ1) is 8.89. The topological polar surface area (TPSA) is 52.6 Å². The van der Waals surface area contributed by atoms with Crippen LogP contribution in [-0.4, -0.2) is 32.3 Å². The molecule has 1 saturated heterocycles. The van der Waals surface area contributed by atoms with Gasteiger partial charge in [-0.2, -0.15) is 13.2 Å². The number of benzene rings is 1. The number of morpholine rings is 1. The highest BCUT2D eigenvalue weighted by atomic mass is 19.4. The number of alkyl halides is 3. The molecule has 0 spiro atoms. The summed E-state index contributed by atoms with van der Waals surface area (Å²) in [5, 5.41) is 11.0. The summed E-state index contributed by atoms with van der Waals surface area (Å²) in [6, 6.07) is 2.52. The van der Waals surface area contributed by atoms with Gasteiger partial charge in [0, 0.05) is 24.3 Å². The molecule has 1 fully saturated rings. The van der Waals surface area contributed by atoms with Crippen molar-refractivity contribution in [2.24, 2.45) is 0 Å². The Kier molecular flexibility index (Phi) is 3.66. The number of hydrogen-bond acceptors (Lipinski definition) is 4. The van der Waals surface area contributed by atoms with Gasteiger partial charge in [-0.1, -0.05) is 6.07 Å². The predicted octanol–water partition coefficient (Wildman–Crippen LogP) is 0.905. The summed E-state index contributed by atoms with van der Waals surface area (Å²) in [6.07, 6.45) is -4.51. The number of carboxylic acid groups (broad SMARTS) is 1. The quantitative estimate of drug-likeness (QED) is 0.804. The minimum atomic E-state index is -4.51. The lowest BCUT2D eigenvalue weighted by molar-refractivity contribution is -0.255. The second kappa shape index (κ2) is 5.08. The van der Waals surface area contributed by atoms with E-state index in [1.807, 2.05) is 0 Å². The van der Waals surface area contributed by atoms with Crippen LogP contribution in [0.4, 0.5) is 18.9 Å². The van der Waals surface area contributed by atoms with Crippen molar-refractivity contribution in [2.75, 3.05) is 31.2 Å². The molecule has 104 valence electrons. The monoisotopic (exact) mass is 274 g/mol. The zero-order valence-electron chi connectivity index (χ0n) is 9.87. The van der Waals surface area contributed by atoms with E-state index in [2.05, 4.69) is 0 Å². The predicted molar refractivity (Wildman–Crippen MR) is 58.8 cm³/mol. The third-order valence-corrected chi connectivity index (χ3v) is 2.90. The van der Waals surface area contributed by atoms with Crippen LogP contribution in [0.15, 0.2) is 18.2 Å². The Hall–Kier alpha value is -1.76. The largest absolute Gasteiger partial charge is 0.545 e. The first-order valence-corrected chi connectivity index (χ1v) is 5.65. The number of nitrogens with zero attached hydrogens (tertiary/aromatic N) is 1. The van der Waals surface area contributed by atoms with Crippen molar-refractivity contribution < 1.29 is 27.8 Å². The second-order valence-electron chi connectivity index (χ2n) is 4.12. The second-order valence-corrected chi connectivity index (χ2v) is 4.12. The number of carboxylic acids is 1. The summed E-state index contributed by atoms with van der Waals surface area (Å²) < 4.78 is 43.1. The van der Waals surface area contributed by atoms with Crippen LogP contribution in [0, 0.1) is 0 Å². The molecule has 1 heterocycles. The van der Waals surface area contributed by atoms with Crippen LogP contribution in [0.1, 0.15) is 15.9 Å². The van der Waals surface area contributed by atoms with Gasteiger partial charge in [0.25, 0.3) is 0 Å². The zero-order chi connectivity index (χ0) is 14.0. The smallest absolute Gasteiger partial charge is 0.416 e. The molecule has 1 aromatic rings. The molecule has 0 bridgehead atoms. The van der Waals surface area contributed by atoms with E-state index < -0.39 is 17.7 Å². The number of anilines is 1. The number of carbonyl (C=O) groups is 1. The average molecular weight is 274 g/mol. The summed E-state index contributed by atoms with van der Waals surface area (Å²) in [7, 11) is 0. The first-order valence-electron chi connectivity index (χ1n) is 5.65. The van der Waals surface area contributed by atoms with Crippen molar-refractivity contribution in [1.82, 2.24) is 0 Å². The average Bonchev–Trinajstić information content (AvgIpc) is 2.38. The van der Waals surface area contributed by atoms with Gasteiger partial charge in [0.15, 0.2) is 0 Å². The van der Waals surface area contributed by atoms with E-state index in [1.54, 1.807) is 4.90 Å². The van der Waals surface area contributed by atoms with Crippen LogP contribution in [0.2, 0.25) is 0 Å². The molecule has 7 heteroatoms. The fourth-order valence-corrected chi connectivity index (χ4v) is 1.95. The van der Waals surface area contributed by atoms with Crippen molar-refractivity contribution in [2.45, 2.75) is 6.18 Å². The van der Waals surface area contributed by atoms with Crippen molar-refractivity contribution in [3.05, 3.63) is 29.3 Å². The summed E-state index contributed by atoms with van der Waals surface area (Å²) in [6.45, 7) is 1.40. The number of halogens is 3. The lowest BCUT2D eigenvalue weighted by Crippen LogP contribution is -2.38. The first kappa shape index (κ1) is 13.7. The molecular formula is C12H11F3NO3-. The molecule has 1 aliphatic rings. The van der Waals surface area contributed by atoms with Gasteiger partial charge in [-0.15, -0.1) is 0 Å². The van der Waals surface area contributed by atoms with Crippen molar-refractivity contribution >= 4 is 11.7 Å². The van der Waals surface area contributed by atoms with Crippen LogP contribution in [-0.2, 0) is 10.9 Å². The molecule has 0 N–H and O–H groups in total. The van der Waals surface area contributed by atoms with Crippen molar-refractivity contribution in [3.8, 4) is 0 Å². The Morgan fingerprint density at radius 1 is 1.26 bits per heavy atom. The Morgan fingerprint density at radius 2 is 1.89 bits per heavy atom. The molecule has 1 aliphatic heterocycles. The van der Waals surface area contributed by atoms with Crippen LogP contribution in [0.3, 0.4) is 0 Å². The molecule has 1 aromatic carbocycles. The Bertz CT molecular complexity index is 482. The summed E-state index contributed by atoms with van der Waals surface area (Å²) in [4.78, 5) is 12.5. The molecule has 0 saturated carbocycles. The van der Waals surface area contributed by atoms with Crippen LogP contribution in [0.5, 0.6) is 0 Å². The summed E-state index contributed by atoms with van der Waals surface area (Å²) in [5.41, 5.74) is -1.09. The third kappa shape index (κ3) is 2.98. The maximum Gasteiger partial charge on any atom is 0.416 e. The Labute approximate surface area is 107 Å². The Morgan fingerprint density at radius 3 is 2.42 bits per heavy atom. The van der Waals surface area contributed by atoms with E-state index in [4.69, 9.17) is 4.74 Å². The van der Waals surface area contributed by atoms with Crippen LogP contribution >= 0.6 is 0 Å². The molecule has 0 amide bonds. The molecule has 4 nitrogen and oxygen atoms in total. The third-order valence-electron chi connectivity index (χ3n) is 2.90. The summed E-state index contributed by atoms with van der Waals surface area (Å²) in [5.74, 6) is -1.49. The van der Waals surface area contributed by atoms with E-state index in [1.165, 1.54) is 0 Å². The molecule has 0 aromatic heterocycles. The minimum Gasteiger partial charge on any atom is -0.545 e. The molecule has 0 atom stereocenters. The highest BCUT2D eigenvalue weighted by Crippen LogP contribution is 2.33. The van der Waals surface area contributed by atoms with Gasteiger partial charge in [-0.25, -0.2) is 0 Å². The lowest BCUT2D eigenvalue weighted by Gasteiger charge is -2.31. The standard InChI is InChI=1S/C12H12F3NO3/c13-12(14,15)8-1-2-9(11(17)18)10(7-8)16-3-5-19-6-4-16/h1-2,7H,3-6H2,(H,17,18)/p-1. The summed E-state index contributed by atoms with van der Waals surface area (Å²) >= 11 is 0. The van der Waals surface area contributed by atoms with Gasteiger partial charge in [-0.05, 0) is 12.1 Å². The van der Waals surface area contributed by atoms with Crippen molar-refractivity contribution in [3.63, 3.8) is 0 Å². The Balaban J connectivity index is 2.44. The van der Waals surface area contributed by atoms with Gasteiger partial charge in [0.1, 0.15) is 0 Å². The number of hydrogen-bond donors (Lipinski definition) is 0. The highest BCUT2D eigenvalue weighted by Gasteiger charge is 2.31. The van der Waals surface area contributed by atoms with E-state index in [-0.39, 0.29) is 11.3 Å². The van der Waals surface area contributed by atoms with Crippen molar-refractivity contribution in [1.29, 1.82) is 0 Å². The number of aromatic carboxylic acids is 1. The normalized spacial score (nSPS) is 16.5. The SMILES string of the molecule is O=C([O-])c1ccc(C(F)(F)F)cc1N1CCOCC1. The molecule has 2 rings (SSSR count). The van der Waals surface area contributed by atoms with E-state index >= 15 is 0 Å². The number of rotatable bonds is 2. The molecule has 19 heavy (non-hydrogen) atoms. The van der Waals surface area contributed by atoms with E-state index in [9.17, 15) is 23.1 Å².